The lowest BCUT2D eigenvalue weighted by Crippen LogP contribution is -2.45. The van der Waals surface area contributed by atoms with Gasteiger partial charge in [0.15, 0.2) is 0 Å². The zero-order chi connectivity index (χ0) is 17.7. The van der Waals surface area contributed by atoms with Gasteiger partial charge in [0, 0.05) is 6.20 Å². The summed E-state index contributed by atoms with van der Waals surface area (Å²) in [5.41, 5.74) is -0.472. The minimum atomic E-state index is -1.27. The molecule has 2 heterocycles. The van der Waals surface area contributed by atoms with Crippen molar-refractivity contribution >= 4 is 6.03 Å². The van der Waals surface area contributed by atoms with Gasteiger partial charge in [-0.15, -0.1) is 0 Å². The molecule has 3 N–H and O–H groups in total. The smallest absolute Gasteiger partial charge is 0.315 e. The maximum absolute atomic E-state index is 12.2. The van der Waals surface area contributed by atoms with E-state index >= 15 is 0 Å². The van der Waals surface area contributed by atoms with Gasteiger partial charge in [-0.2, -0.15) is 0 Å². The van der Waals surface area contributed by atoms with E-state index < -0.39 is 5.60 Å². The molecule has 0 saturated carbocycles. The van der Waals surface area contributed by atoms with Crippen molar-refractivity contribution in [3.05, 3.63) is 53.7 Å². The van der Waals surface area contributed by atoms with Crippen molar-refractivity contribution in [3.8, 4) is 0 Å². The number of aliphatic hydroxyl groups is 1. The van der Waals surface area contributed by atoms with Gasteiger partial charge in [-0.25, -0.2) is 4.79 Å². The lowest BCUT2D eigenvalue weighted by Gasteiger charge is -2.25. The van der Waals surface area contributed by atoms with Crippen LogP contribution in [0.25, 0.3) is 0 Å². The molecule has 0 unspecified atom stereocenters. The van der Waals surface area contributed by atoms with Gasteiger partial charge in [-0.3, -0.25) is 4.98 Å². The van der Waals surface area contributed by atoms with E-state index in [0.29, 0.717) is 11.5 Å². The molecule has 0 radical (unpaired) electrons. The molecule has 2 aromatic rings. The molecule has 0 bridgehead atoms. The number of carbonyl (C=O) groups is 1. The summed E-state index contributed by atoms with van der Waals surface area (Å²) in [7, 11) is 0. The highest BCUT2D eigenvalue weighted by molar-refractivity contribution is 5.74. The third kappa shape index (κ3) is 4.58. The van der Waals surface area contributed by atoms with Gasteiger partial charge in [-0.1, -0.05) is 19.9 Å². The first-order chi connectivity index (χ1) is 11.3. The number of hydrogen-bond donors (Lipinski definition) is 3. The van der Waals surface area contributed by atoms with Crippen molar-refractivity contribution in [3.63, 3.8) is 0 Å². The van der Waals surface area contributed by atoms with Crippen LogP contribution < -0.4 is 10.6 Å². The first-order valence-electron chi connectivity index (χ1n) is 8.04. The van der Waals surface area contributed by atoms with E-state index in [0.717, 1.165) is 5.69 Å². The number of amides is 2. The van der Waals surface area contributed by atoms with E-state index in [9.17, 15) is 9.90 Å². The van der Waals surface area contributed by atoms with E-state index in [4.69, 9.17) is 4.42 Å². The Labute approximate surface area is 142 Å². The number of aromatic nitrogens is 1. The summed E-state index contributed by atoms with van der Waals surface area (Å²) < 4.78 is 5.44. The molecule has 2 aromatic heterocycles. The molecule has 130 valence electrons. The Morgan fingerprint density at radius 2 is 2.08 bits per heavy atom. The van der Waals surface area contributed by atoms with Crippen LogP contribution in [0.15, 0.2) is 40.9 Å². The highest BCUT2D eigenvalue weighted by Gasteiger charge is 2.28. The van der Waals surface area contributed by atoms with Gasteiger partial charge in [0.25, 0.3) is 0 Å². The first-order valence-corrected chi connectivity index (χ1v) is 8.04. The van der Waals surface area contributed by atoms with Crippen molar-refractivity contribution in [2.75, 3.05) is 6.54 Å². The quantitative estimate of drug-likeness (QED) is 0.759. The molecule has 0 aliphatic heterocycles. The molecular weight excluding hydrogens is 306 g/mol. The Balaban J connectivity index is 1.96. The lowest BCUT2D eigenvalue weighted by atomic mass is 10.0. The average molecular weight is 331 g/mol. The third-order valence-corrected chi connectivity index (χ3v) is 3.82. The highest BCUT2D eigenvalue weighted by atomic mass is 16.4. The minimum Gasteiger partial charge on any atom is -0.463 e. The van der Waals surface area contributed by atoms with Crippen molar-refractivity contribution < 1.29 is 14.3 Å². The molecule has 0 saturated heterocycles. The highest BCUT2D eigenvalue weighted by Crippen LogP contribution is 2.22. The third-order valence-electron chi connectivity index (χ3n) is 3.82. The van der Waals surface area contributed by atoms with Gasteiger partial charge >= 0.3 is 6.03 Å². The SMILES string of the molecule is Cc1ccc([C@](C)(O)CNC(=O)N[C@@H](c2ccccn2)C(C)C)o1. The van der Waals surface area contributed by atoms with Crippen LogP contribution in [0.4, 0.5) is 4.79 Å². The Kier molecular flexibility index (Phi) is 5.62. The van der Waals surface area contributed by atoms with Crippen LogP contribution in [-0.4, -0.2) is 22.7 Å². The number of carbonyl (C=O) groups excluding carboxylic acids is 1. The molecule has 0 aliphatic rings. The summed E-state index contributed by atoms with van der Waals surface area (Å²) in [5.74, 6) is 1.31. The van der Waals surface area contributed by atoms with E-state index in [1.165, 1.54) is 0 Å². The minimum absolute atomic E-state index is 0.0405. The topological polar surface area (TPSA) is 87.4 Å². The normalized spacial score (nSPS) is 14.9. The fourth-order valence-corrected chi connectivity index (χ4v) is 2.40. The summed E-state index contributed by atoms with van der Waals surface area (Å²) in [6, 6.07) is 8.53. The summed E-state index contributed by atoms with van der Waals surface area (Å²) >= 11 is 0. The number of nitrogens with zero attached hydrogens (tertiary/aromatic N) is 1. The average Bonchev–Trinajstić information content (AvgIpc) is 2.99. The fourth-order valence-electron chi connectivity index (χ4n) is 2.40. The van der Waals surface area contributed by atoms with Gasteiger partial charge < -0.3 is 20.2 Å². The van der Waals surface area contributed by atoms with Crippen LogP contribution >= 0.6 is 0 Å². The van der Waals surface area contributed by atoms with E-state index in [1.807, 2.05) is 32.0 Å². The number of furan rings is 1. The second kappa shape index (κ2) is 7.49. The fraction of sp³-hybridized carbons (Fsp3) is 0.444. The van der Waals surface area contributed by atoms with Crippen LogP contribution in [-0.2, 0) is 5.60 Å². The van der Waals surface area contributed by atoms with Gasteiger partial charge in [0.1, 0.15) is 17.1 Å². The number of rotatable bonds is 6. The molecule has 0 spiro atoms. The van der Waals surface area contributed by atoms with Crippen molar-refractivity contribution in [1.82, 2.24) is 15.6 Å². The number of hydrogen-bond acceptors (Lipinski definition) is 4. The molecule has 2 amide bonds. The molecule has 0 aliphatic carbocycles. The first kappa shape index (κ1) is 18.0. The Morgan fingerprint density at radius 1 is 1.33 bits per heavy atom. The van der Waals surface area contributed by atoms with Crippen LogP contribution in [0.3, 0.4) is 0 Å². The summed E-state index contributed by atoms with van der Waals surface area (Å²) in [4.78, 5) is 16.5. The predicted octanol–water partition coefficient (Wildman–Crippen LogP) is 2.89. The number of aryl methyl sites for hydroxylation is 1. The largest absolute Gasteiger partial charge is 0.463 e. The maximum atomic E-state index is 12.2. The second-order valence-electron chi connectivity index (χ2n) is 6.49. The summed E-state index contributed by atoms with van der Waals surface area (Å²) in [6.45, 7) is 7.48. The van der Waals surface area contributed by atoms with Crippen molar-refractivity contribution in [2.24, 2.45) is 5.92 Å². The Hall–Kier alpha value is -2.34. The number of nitrogens with one attached hydrogen (secondary N) is 2. The molecule has 6 nitrogen and oxygen atoms in total. The van der Waals surface area contributed by atoms with E-state index in [2.05, 4.69) is 15.6 Å². The molecule has 24 heavy (non-hydrogen) atoms. The lowest BCUT2D eigenvalue weighted by molar-refractivity contribution is 0.0358. The second-order valence-corrected chi connectivity index (χ2v) is 6.49. The molecule has 2 atom stereocenters. The Morgan fingerprint density at radius 3 is 2.62 bits per heavy atom. The van der Waals surface area contributed by atoms with Crippen molar-refractivity contribution in [1.29, 1.82) is 0 Å². The molecule has 2 rings (SSSR count). The zero-order valence-corrected chi connectivity index (χ0v) is 14.5. The van der Waals surface area contributed by atoms with Crippen molar-refractivity contribution in [2.45, 2.75) is 39.3 Å². The maximum Gasteiger partial charge on any atom is 0.315 e. The molecular formula is C18H25N3O3. The van der Waals surface area contributed by atoms with Crippen LogP contribution in [0, 0.1) is 12.8 Å². The number of pyridine rings is 1. The zero-order valence-electron chi connectivity index (χ0n) is 14.5. The summed E-state index contributed by atoms with van der Waals surface area (Å²) in [6.07, 6.45) is 1.70. The van der Waals surface area contributed by atoms with Crippen LogP contribution in [0.1, 0.15) is 44.0 Å². The van der Waals surface area contributed by atoms with Crippen LogP contribution in [0.5, 0.6) is 0 Å². The van der Waals surface area contributed by atoms with Gasteiger partial charge in [0.05, 0.1) is 18.3 Å². The monoisotopic (exact) mass is 331 g/mol. The molecule has 6 heteroatoms. The standard InChI is InChI=1S/C18H25N3O3/c1-12(2)16(14-7-5-6-10-19-14)21-17(22)20-11-18(4,23)15-9-8-13(3)24-15/h5-10,12,16,23H,11H2,1-4H3,(H2,20,21,22)/t16-,18-/m1/s1. The van der Waals surface area contributed by atoms with Gasteiger partial charge in [-0.05, 0) is 44.0 Å². The Bertz CT molecular complexity index is 665. The molecule has 0 aromatic carbocycles. The van der Waals surface area contributed by atoms with Gasteiger partial charge in [0.2, 0.25) is 0 Å². The van der Waals surface area contributed by atoms with E-state index in [-0.39, 0.29) is 24.5 Å². The predicted molar refractivity (Wildman–Crippen MR) is 91.4 cm³/mol. The van der Waals surface area contributed by atoms with E-state index in [1.54, 1.807) is 32.2 Å². The number of urea groups is 1. The summed E-state index contributed by atoms with van der Waals surface area (Å²) in [5, 5.41) is 16.1. The van der Waals surface area contributed by atoms with Crippen LogP contribution in [0.2, 0.25) is 0 Å². The molecule has 0 fully saturated rings.